The predicted octanol–water partition coefficient (Wildman–Crippen LogP) is 2.57. The minimum atomic E-state index is 0.310. The predicted molar refractivity (Wildman–Crippen MR) is 61.1 cm³/mol. The number of rotatable bonds is 6. The number of benzene rings is 1. The minimum absolute atomic E-state index is 0.310. The van der Waals surface area contributed by atoms with E-state index in [1.165, 1.54) is 11.1 Å². The molecule has 0 aliphatic carbocycles. The van der Waals surface area contributed by atoms with Crippen LogP contribution >= 0.6 is 0 Å². The molecule has 0 aliphatic heterocycles. The Morgan fingerprint density at radius 2 is 2.27 bits per heavy atom. The van der Waals surface area contributed by atoms with Crippen LogP contribution in [0, 0.1) is 0 Å². The van der Waals surface area contributed by atoms with Gasteiger partial charge in [-0.15, -0.1) is 0 Å². The van der Waals surface area contributed by atoms with E-state index < -0.39 is 0 Å². The van der Waals surface area contributed by atoms with Gasteiger partial charge in [-0.25, -0.2) is 0 Å². The number of hydrogen-bond acceptors (Lipinski definition) is 2. The Labute approximate surface area is 91.3 Å². The summed E-state index contributed by atoms with van der Waals surface area (Å²) >= 11 is 0. The molecule has 0 radical (unpaired) electrons. The molecule has 2 heteroatoms. The highest BCUT2D eigenvalue weighted by atomic mass is 16.5. The van der Waals surface area contributed by atoms with Crippen molar-refractivity contribution in [2.24, 2.45) is 0 Å². The first-order valence-corrected chi connectivity index (χ1v) is 5.29. The lowest BCUT2D eigenvalue weighted by molar-refractivity contribution is -0.108. The minimum Gasteiger partial charge on any atom is -0.384 e. The van der Waals surface area contributed by atoms with Crippen molar-refractivity contribution in [1.82, 2.24) is 0 Å². The van der Waals surface area contributed by atoms with Gasteiger partial charge in [0.1, 0.15) is 6.29 Å². The maximum atomic E-state index is 10.4. The van der Waals surface area contributed by atoms with Gasteiger partial charge >= 0.3 is 0 Å². The molecule has 2 nitrogen and oxygen atoms in total. The number of carbonyl (C=O) groups excluding carboxylic acids is 1. The van der Waals surface area contributed by atoms with Crippen molar-refractivity contribution in [3.8, 4) is 0 Å². The van der Waals surface area contributed by atoms with Crippen molar-refractivity contribution in [2.45, 2.75) is 25.7 Å². The molecule has 0 spiro atoms. The maximum Gasteiger partial charge on any atom is 0.120 e. The van der Waals surface area contributed by atoms with Crippen LogP contribution in [0.3, 0.4) is 0 Å². The molecule has 0 bridgehead atoms. The summed E-state index contributed by atoms with van der Waals surface area (Å²) in [6.07, 6.45) is 2.50. The molecule has 0 saturated heterocycles. The molecule has 1 aromatic carbocycles. The van der Waals surface area contributed by atoms with Crippen LogP contribution in [0.5, 0.6) is 0 Å². The normalized spacial score (nSPS) is 12.4. The molecule has 0 heterocycles. The van der Waals surface area contributed by atoms with Gasteiger partial charge in [-0.05, 0) is 23.5 Å². The van der Waals surface area contributed by atoms with Crippen molar-refractivity contribution in [1.29, 1.82) is 0 Å². The van der Waals surface area contributed by atoms with E-state index in [9.17, 15) is 4.79 Å². The molecule has 0 saturated carbocycles. The van der Waals surface area contributed by atoms with Gasteiger partial charge in [0.15, 0.2) is 0 Å². The van der Waals surface area contributed by atoms with Crippen LogP contribution in [0.2, 0.25) is 0 Å². The molecule has 0 fully saturated rings. The standard InChI is InChI=1S/C13H18O2/c1-11(6-8-14)13-5-3-4-12(10-13)7-9-15-2/h3-5,8,10-11H,6-7,9H2,1-2H3. The molecule has 0 amide bonds. The van der Waals surface area contributed by atoms with Crippen LogP contribution in [0.15, 0.2) is 24.3 Å². The zero-order chi connectivity index (χ0) is 11.1. The van der Waals surface area contributed by atoms with Crippen molar-refractivity contribution in [3.63, 3.8) is 0 Å². The van der Waals surface area contributed by atoms with E-state index in [1.54, 1.807) is 7.11 Å². The number of aldehydes is 1. The first-order chi connectivity index (χ1) is 7.27. The summed E-state index contributed by atoms with van der Waals surface area (Å²) in [6.45, 7) is 2.81. The third-order valence-corrected chi connectivity index (χ3v) is 2.56. The van der Waals surface area contributed by atoms with Crippen LogP contribution < -0.4 is 0 Å². The molecule has 0 aromatic heterocycles. The molecular weight excluding hydrogens is 188 g/mol. The topological polar surface area (TPSA) is 26.3 Å². The average Bonchev–Trinajstić information content (AvgIpc) is 2.27. The summed E-state index contributed by atoms with van der Waals surface area (Å²) in [5.74, 6) is 0.310. The molecule has 1 aromatic rings. The molecule has 1 rings (SSSR count). The SMILES string of the molecule is COCCc1cccc(C(C)CC=O)c1. The zero-order valence-electron chi connectivity index (χ0n) is 9.40. The zero-order valence-corrected chi connectivity index (χ0v) is 9.40. The molecule has 1 unspecified atom stereocenters. The average molecular weight is 206 g/mol. The van der Waals surface area contributed by atoms with Gasteiger partial charge in [0.05, 0.1) is 6.61 Å². The van der Waals surface area contributed by atoms with Crippen molar-refractivity contribution in [3.05, 3.63) is 35.4 Å². The maximum absolute atomic E-state index is 10.4. The second-order valence-electron chi connectivity index (χ2n) is 3.79. The van der Waals surface area contributed by atoms with E-state index in [2.05, 4.69) is 25.1 Å². The molecule has 0 aliphatic rings. The van der Waals surface area contributed by atoms with Crippen LogP contribution in [0.25, 0.3) is 0 Å². The quantitative estimate of drug-likeness (QED) is 0.669. The fraction of sp³-hybridized carbons (Fsp3) is 0.462. The van der Waals surface area contributed by atoms with Crippen molar-refractivity contribution < 1.29 is 9.53 Å². The van der Waals surface area contributed by atoms with Gasteiger partial charge in [0, 0.05) is 13.5 Å². The van der Waals surface area contributed by atoms with E-state index in [1.807, 2.05) is 6.07 Å². The first-order valence-electron chi connectivity index (χ1n) is 5.29. The monoisotopic (exact) mass is 206 g/mol. The summed E-state index contributed by atoms with van der Waals surface area (Å²) < 4.78 is 5.04. The summed E-state index contributed by atoms with van der Waals surface area (Å²) in [5.41, 5.74) is 2.50. The Kier molecular flexibility index (Phi) is 5.05. The van der Waals surface area contributed by atoms with Gasteiger partial charge in [-0.3, -0.25) is 0 Å². The molecule has 1 atom stereocenters. The van der Waals surface area contributed by atoms with Crippen LogP contribution in [-0.2, 0) is 16.0 Å². The summed E-state index contributed by atoms with van der Waals surface area (Å²) in [5, 5.41) is 0. The van der Waals surface area contributed by atoms with Gasteiger partial charge < -0.3 is 9.53 Å². The summed E-state index contributed by atoms with van der Waals surface area (Å²) in [6, 6.07) is 8.37. The molecule has 82 valence electrons. The number of methoxy groups -OCH3 is 1. The molecule has 15 heavy (non-hydrogen) atoms. The third kappa shape index (κ3) is 3.84. The Morgan fingerprint density at radius 3 is 2.93 bits per heavy atom. The second-order valence-corrected chi connectivity index (χ2v) is 3.79. The van der Waals surface area contributed by atoms with Gasteiger partial charge in [-0.1, -0.05) is 31.2 Å². The van der Waals surface area contributed by atoms with E-state index >= 15 is 0 Å². The Bertz CT molecular complexity index is 307. The lowest BCUT2D eigenvalue weighted by Crippen LogP contribution is -1.98. The lowest BCUT2D eigenvalue weighted by Gasteiger charge is -2.10. The van der Waals surface area contributed by atoms with Gasteiger partial charge in [-0.2, -0.15) is 0 Å². The van der Waals surface area contributed by atoms with Crippen LogP contribution in [0.1, 0.15) is 30.4 Å². The fourth-order valence-electron chi connectivity index (χ4n) is 1.56. The lowest BCUT2D eigenvalue weighted by atomic mass is 9.96. The molecule has 0 N–H and O–H groups in total. The fourth-order valence-corrected chi connectivity index (χ4v) is 1.56. The van der Waals surface area contributed by atoms with Crippen molar-refractivity contribution in [2.75, 3.05) is 13.7 Å². The Balaban J connectivity index is 2.68. The van der Waals surface area contributed by atoms with E-state index in [0.717, 1.165) is 19.3 Å². The Hall–Kier alpha value is -1.15. The smallest absolute Gasteiger partial charge is 0.120 e. The third-order valence-electron chi connectivity index (χ3n) is 2.56. The van der Waals surface area contributed by atoms with Crippen LogP contribution in [-0.4, -0.2) is 20.0 Å². The highest BCUT2D eigenvalue weighted by Gasteiger charge is 2.04. The van der Waals surface area contributed by atoms with Crippen molar-refractivity contribution >= 4 is 6.29 Å². The number of hydrogen-bond donors (Lipinski definition) is 0. The van der Waals surface area contributed by atoms with Gasteiger partial charge in [0.25, 0.3) is 0 Å². The van der Waals surface area contributed by atoms with E-state index in [-0.39, 0.29) is 0 Å². The highest BCUT2D eigenvalue weighted by molar-refractivity contribution is 5.51. The number of ether oxygens (including phenoxy) is 1. The summed E-state index contributed by atoms with van der Waals surface area (Å²) in [7, 11) is 1.71. The van der Waals surface area contributed by atoms with E-state index in [4.69, 9.17) is 4.74 Å². The second kappa shape index (κ2) is 6.36. The van der Waals surface area contributed by atoms with Gasteiger partial charge in [0.2, 0.25) is 0 Å². The Morgan fingerprint density at radius 1 is 1.47 bits per heavy atom. The summed E-state index contributed by atoms with van der Waals surface area (Å²) in [4.78, 5) is 10.4. The molecular formula is C13H18O2. The highest BCUT2D eigenvalue weighted by Crippen LogP contribution is 2.19. The van der Waals surface area contributed by atoms with Crippen LogP contribution in [0.4, 0.5) is 0 Å². The van der Waals surface area contributed by atoms with E-state index in [0.29, 0.717) is 12.3 Å². The number of carbonyl (C=O) groups is 1. The first kappa shape index (κ1) is 11.9. The largest absolute Gasteiger partial charge is 0.384 e.